The third-order valence-corrected chi connectivity index (χ3v) is 4.90. The van der Waals surface area contributed by atoms with Crippen LogP contribution < -0.4 is 11.1 Å². The van der Waals surface area contributed by atoms with E-state index in [9.17, 15) is 4.79 Å². The van der Waals surface area contributed by atoms with Crippen LogP contribution in [0.5, 0.6) is 0 Å². The Morgan fingerprint density at radius 1 is 1.24 bits per heavy atom. The zero-order valence-corrected chi connectivity index (χ0v) is 14.3. The smallest absolute Gasteiger partial charge is 0.248 e. The van der Waals surface area contributed by atoms with Gasteiger partial charge in [-0.3, -0.25) is 4.79 Å². The molecule has 3 N–H and O–H groups in total. The van der Waals surface area contributed by atoms with Gasteiger partial charge in [-0.1, -0.05) is 29.3 Å². The van der Waals surface area contributed by atoms with Crippen LogP contribution in [0.2, 0.25) is 10.0 Å². The van der Waals surface area contributed by atoms with Gasteiger partial charge >= 0.3 is 0 Å². The highest BCUT2D eigenvalue weighted by atomic mass is 79.9. The molecule has 0 heterocycles. The van der Waals surface area contributed by atoms with Crippen molar-refractivity contribution in [2.45, 2.75) is 13.5 Å². The van der Waals surface area contributed by atoms with Crippen LogP contribution in [0.15, 0.2) is 34.8 Å². The van der Waals surface area contributed by atoms with Gasteiger partial charge in [-0.05, 0) is 58.2 Å². The summed E-state index contributed by atoms with van der Waals surface area (Å²) in [6.45, 7) is 2.50. The number of halogens is 3. The average Bonchev–Trinajstić information content (AvgIpc) is 2.45. The summed E-state index contributed by atoms with van der Waals surface area (Å²) < 4.78 is 0.752. The lowest BCUT2D eigenvalue weighted by molar-refractivity contribution is 0.1000. The molecule has 3 nitrogen and oxygen atoms in total. The van der Waals surface area contributed by atoms with Crippen molar-refractivity contribution in [3.8, 4) is 0 Å². The molecule has 0 fully saturated rings. The van der Waals surface area contributed by atoms with Crippen molar-refractivity contribution in [1.29, 1.82) is 0 Å². The molecule has 6 heteroatoms. The number of rotatable bonds is 4. The summed E-state index contributed by atoms with van der Waals surface area (Å²) in [5.41, 5.74) is 8.55. The molecular formula is C15H13BrCl2N2O. The molecular weight excluding hydrogens is 375 g/mol. The Balaban J connectivity index is 2.17. The maximum Gasteiger partial charge on any atom is 0.248 e. The number of amides is 1. The van der Waals surface area contributed by atoms with Crippen molar-refractivity contribution >= 4 is 50.7 Å². The minimum atomic E-state index is -0.430. The Morgan fingerprint density at radius 3 is 2.57 bits per heavy atom. The molecule has 2 aromatic rings. The summed E-state index contributed by atoms with van der Waals surface area (Å²) in [4.78, 5) is 11.1. The summed E-state index contributed by atoms with van der Waals surface area (Å²) in [6.07, 6.45) is 0. The molecule has 0 atom stereocenters. The zero-order chi connectivity index (χ0) is 15.6. The standard InChI is InChI=1S/C15H13BrCl2N2O/c1-8-6-9(15(19)21)2-3-10(8)7-20-12-5-4-11(16)13(17)14(12)18/h2-6,20H,7H2,1H3,(H2,19,21). The van der Waals surface area contributed by atoms with Crippen LogP contribution >= 0.6 is 39.1 Å². The van der Waals surface area contributed by atoms with E-state index in [1.54, 1.807) is 12.1 Å². The van der Waals surface area contributed by atoms with Crippen LogP contribution in [-0.2, 0) is 6.54 Å². The number of hydrogen-bond acceptors (Lipinski definition) is 2. The SMILES string of the molecule is Cc1cc(C(N)=O)ccc1CNc1ccc(Br)c(Cl)c1Cl. The van der Waals surface area contributed by atoms with Gasteiger partial charge in [-0.2, -0.15) is 0 Å². The first kappa shape index (κ1) is 16.1. The first-order valence-electron chi connectivity index (χ1n) is 6.17. The number of aryl methyl sites for hydroxylation is 1. The number of benzene rings is 2. The van der Waals surface area contributed by atoms with Crippen LogP contribution in [0.3, 0.4) is 0 Å². The van der Waals surface area contributed by atoms with E-state index in [-0.39, 0.29) is 0 Å². The maximum atomic E-state index is 11.1. The molecule has 0 bridgehead atoms. The van der Waals surface area contributed by atoms with Gasteiger partial charge in [0.15, 0.2) is 0 Å². The summed E-state index contributed by atoms with van der Waals surface area (Å²) in [5.74, 6) is -0.430. The second-order valence-electron chi connectivity index (χ2n) is 4.58. The summed E-state index contributed by atoms with van der Waals surface area (Å²) in [5, 5.41) is 4.18. The third-order valence-electron chi connectivity index (χ3n) is 3.13. The zero-order valence-electron chi connectivity index (χ0n) is 11.2. The van der Waals surface area contributed by atoms with E-state index >= 15 is 0 Å². The van der Waals surface area contributed by atoms with Crippen LogP contribution in [0, 0.1) is 6.92 Å². The number of carbonyl (C=O) groups is 1. The second-order valence-corrected chi connectivity index (χ2v) is 6.19. The van der Waals surface area contributed by atoms with Gasteiger partial charge in [0.25, 0.3) is 0 Å². The molecule has 0 aliphatic heterocycles. The molecule has 0 aliphatic carbocycles. The normalized spacial score (nSPS) is 10.5. The van der Waals surface area contributed by atoms with Gasteiger partial charge in [0.05, 0.1) is 15.7 Å². The number of primary amides is 1. The minimum absolute atomic E-state index is 0.430. The minimum Gasteiger partial charge on any atom is -0.380 e. The Bertz CT molecular complexity index is 704. The first-order chi connectivity index (χ1) is 9.90. The van der Waals surface area contributed by atoms with Gasteiger partial charge in [-0.15, -0.1) is 0 Å². The van der Waals surface area contributed by atoms with Crippen molar-refractivity contribution in [3.63, 3.8) is 0 Å². The molecule has 0 spiro atoms. The second kappa shape index (κ2) is 6.69. The first-order valence-corrected chi connectivity index (χ1v) is 7.71. The lowest BCUT2D eigenvalue weighted by Crippen LogP contribution is -2.11. The molecule has 21 heavy (non-hydrogen) atoms. The molecule has 0 aliphatic rings. The summed E-state index contributed by atoms with van der Waals surface area (Å²) in [7, 11) is 0. The lowest BCUT2D eigenvalue weighted by atomic mass is 10.0. The van der Waals surface area contributed by atoms with E-state index in [1.807, 2.05) is 25.1 Å². The predicted molar refractivity (Wildman–Crippen MR) is 91.2 cm³/mol. The molecule has 0 unspecified atom stereocenters. The molecule has 2 rings (SSSR count). The highest BCUT2D eigenvalue weighted by molar-refractivity contribution is 9.10. The van der Waals surface area contributed by atoms with Gasteiger partial charge in [-0.25, -0.2) is 0 Å². The van der Waals surface area contributed by atoms with Gasteiger partial charge in [0.2, 0.25) is 5.91 Å². The van der Waals surface area contributed by atoms with Crippen molar-refractivity contribution in [2.24, 2.45) is 5.73 Å². The Hall–Kier alpha value is -1.23. The highest BCUT2D eigenvalue weighted by Crippen LogP contribution is 2.36. The number of nitrogens with two attached hydrogens (primary N) is 1. The summed E-state index contributed by atoms with van der Waals surface area (Å²) >= 11 is 15.6. The lowest BCUT2D eigenvalue weighted by Gasteiger charge is -2.12. The Labute approximate surface area is 141 Å². The monoisotopic (exact) mass is 386 g/mol. The summed E-state index contributed by atoms with van der Waals surface area (Å²) in [6, 6.07) is 9.04. The van der Waals surface area contributed by atoms with Crippen LogP contribution in [0.25, 0.3) is 0 Å². The van der Waals surface area contributed by atoms with Gasteiger partial charge in [0, 0.05) is 16.6 Å². The number of anilines is 1. The predicted octanol–water partition coefficient (Wildman–Crippen LogP) is 4.78. The number of hydrogen-bond donors (Lipinski definition) is 2. The van der Waals surface area contributed by atoms with Crippen molar-refractivity contribution in [2.75, 3.05) is 5.32 Å². The van der Waals surface area contributed by atoms with E-state index in [4.69, 9.17) is 28.9 Å². The van der Waals surface area contributed by atoms with Crippen LogP contribution in [-0.4, -0.2) is 5.91 Å². The molecule has 110 valence electrons. The molecule has 2 aromatic carbocycles. The topological polar surface area (TPSA) is 55.1 Å². The van der Waals surface area contributed by atoms with E-state index < -0.39 is 5.91 Å². The van der Waals surface area contributed by atoms with Crippen molar-refractivity contribution in [3.05, 3.63) is 61.5 Å². The number of carbonyl (C=O) groups excluding carboxylic acids is 1. The fourth-order valence-corrected chi connectivity index (χ4v) is 2.74. The third kappa shape index (κ3) is 3.70. The fraction of sp³-hybridized carbons (Fsp3) is 0.133. The maximum absolute atomic E-state index is 11.1. The van der Waals surface area contributed by atoms with Crippen molar-refractivity contribution in [1.82, 2.24) is 0 Å². The van der Waals surface area contributed by atoms with Crippen LogP contribution in [0.4, 0.5) is 5.69 Å². The average molecular weight is 388 g/mol. The van der Waals surface area contributed by atoms with Gasteiger partial charge < -0.3 is 11.1 Å². The quantitative estimate of drug-likeness (QED) is 0.742. The largest absolute Gasteiger partial charge is 0.380 e. The highest BCUT2D eigenvalue weighted by Gasteiger charge is 2.09. The van der Waals surface area contributed by atoms with E-state index in [0.717, 1.165) is 21.3 Å². The van der Waals surface area contributed by atoms with Crippen molar-refractivity contribution < 1.29 is 4.79 Å². The van der Waals surface area contributed by atoms with E-state index in [0.29, 0.717) is 22.2 Å². The molecule has 1 amide bonds. The van der Waals surface area contributed by atoms with E-state index in [1.165, 1.54) is 0 Å². The molecule has 0 radical (unpaired) electrons. The van der Waals surface area contributed by atoms with E-state index in [2.05, 4.69) is 21.2 Å². The number of nitrogens with one attached hydrogen (secondary N) is 1. The molecule has 0 saturated heterocycles. The fourth-order valence-electron chi connectivity index (χ4n) is 1.90. The Kier molecular flexibility index (Phi) is 5.14. The molecule has 0 saturated carbocycles. The van der Waals surface area contributed by atoms with Gasteiger partial charge in [0.1, 0.15) is 0 Å². The Morgan fingerprint density at radius 2 is 1.95 bits per heavy atom. The van der Waals surface area contributed by atoms with Crippen LogP contribution in [0.1, 0.15) is 21.5 Å². The molecule has 0 aromatic heterocycles.